The lowest BCUT2D eigenvalue weighted by molar-refractivity contribution is -0.120. The third-order valence-corrected chi connectivity index (χ3v) is 4.21. The van der Waals surface area contributed by atoms with E-state index in [1.165, 1.54) is 11.1 Å². The van der Waals surface area contributed by atoms with Crippen LogP contribution in [0.15, 0.2) is 18.2 Å². The van der Waals surface area contributed by atoms with Crippen LogP contribution in [-0.4, -0.2) is 41.5 Å². The number of amides is 1. The minimum atomic E-state index is 0.107. The molecule has 1 amide bonds. The lowest BCUT2D eigenvalue weighted by atomic mass is 10.0. The molecule has 1 N–H and O–H groups in total. The van der Waals surface area contributed by atoms with Gasteiger partial charge in [0, 0.05) is 33.5 Å². The quantitative estimate of drug-likeness (QED) is 0.853. The van der Waals surface area contributed by atoms with Crippen molar-refractivity contribution in [2.24, 2.45) is 13.0 Å². The Hall–Kier alpha value is -1.88. The van der Waals surface area contributed by atoms with Crippen molar-refractivity contribution in [3.63, 3.8) is 0 Å². The first kappa shape index (κ1) is 17.5. The van der Waals surface area contributed by atoms with Crippen molar-refractivity contribution in [2.75, 3.05) is 21.1 Å². The second-order valence-corrected chi connectivity index (χ2v) is 6.67. The molecule has 2 aromatic rings. The minimum Gasteiger partial charge on any atom is -0.359 e. The van der Waals surface area contributed by atoms with Gasteiger partial charge in [0.2, 0.25) is 5.91 Å². The summed E-state index contributed by atoms with van der Waals surface area (Å²) >= 11 is 0. The zero-order valence-corrected chi connectivity index (χ0v) is 14.9. The molecule has 23 heavy (non-hydrogen) atoms. The molecule has 5 nitrogen and oxygen atoms in total. The van der Waals surface area contributed by atoms with Crippen LogP contribution in [0.5, 0.6) is 0 Å². The van der Waals surface area contributed by atoms with E-state index < -0.39 is 0 Å². The molecule has 0 radical (unpaired) electrons. The highest BCUT2D eigenvalue weighted by atomic mass is 16.1. The Morgan fingerprint density at radius 2 is 2.13 bits per heavy atom. The lowest BCUT2D eigenvalue weighted by Gasteiger charge is -2.10. The van der Waals surface area contributed by atoms with Gasteiger partial charge in [-0.15, -0.1) is 0 Å². The summed E-state index contributed by atoms with van der Waals surface area (Å²) in [4.78, 5) is 18.3. The molecule has 2 rings (SSSR count). The fraction of sp³-hybridized carbons (Fsp3) is 0.556. The standard InChI is InChI=1S/C18H28N4O/c1-13(6-9-18(23)19-2)10-17-20-15-11-14(12-21(3)4)7-8-16(15)22(17)5/h7-8,11,13H,6,9-10,12H2,1-5H3,(H,19,23)/t13-/m0/s1. The molecule has 5 heteroatoms. The summed E-state index contributed by atoms with van der Waals surface area (Å²) in [5, 5.41) is 2.68. The number of hydrogen-bond acceptors (Lipinski definition) is 3. The van der Waals surface area contributed by atoms with E-state index >= 15 is 0 Å². The van der Waals surface area contributed by atoms with Crippen molar-refractivity contribution in [3.8, 4) is 0 Å². The van der Waals surface area contributed by atoms with Crippen LogP contribution in [0, 0.1) is 5.92 Å². The third-order valence-electron chi connectivity index (χ3n) is 4.21. The third kappa shape index (κ3) is 4.55. The number of aryl methyl sites for hydroxylation is 1. The van der Waals surface area contributed by atoms with Crippen LogP contribution in [0.25, 0.3) is 11.0 Å². The zero-order chi connectivity index (χ0) is 17.0. The number of benzene rings is 1. The Morgan fingerprint density at radius 1 is 1.39 bits per heavy atom. The molecule has 126 valence electrons. The van der Waals surface area contributed by atoms with Crippen molar-refractivity contribution in [2.45, 2.75) is 32.7 Å². The topological polar surface area (TPSA) is 50.2 Å². The molecule has 0 spiro atoms. The van der Waals surface area contributed by atoms with Crippen LogP contribution >= 0.6 is 0 Å². The van der Waals surface area contributed by atoms with Crippen LogP contribution in [0.1, 0.15) is 31.2 Å². The van der Waals surface area contributed by atoms with Gasteiger partial charge in [0.25, 0.3) is 0 Å². The van der Waals surface area contributed by atoms with Crippen molar-refractivity contribution >= 4 is 16.9 Å². The number of carbonyl (C=O) groups is 1. The summed E-state index contributed by atoms with van der Waals surface area (Å²) < 4.78 is 2.17. The van der Waals surface area contributed by atoms with Crippen LogP contribution in [-0.2, 0) is 24.8 Å². The highest BCUT2D eigenvalue weighted by Gasteiger charge is 2.13. The van der Waals surface area contributed by atoms with Crippen molar-refractivity contribution in [1.29, 1.82) is 0 Å². The Morgan fingerprint density at radius 3 is 2.78 bits per heavy atom. The number of imidazole rings is 1. The summed E-state index contributed by atoms with van der Waals surface area (Å²) in [5.41, 5.74) is 3.50. The van der Waals surface area contributed by atoms with E-state index in [1.807, 2.05) is 0 Å². The fourth-order valence-electron chi connectivity index (χ4n) is 2.86. The van der Waals surface area contributed by atoms with Crippen LogP contribution < -0.4 is 5.32 Å². The predicted octanol–water partition coefficient (Wildman–Crippen LogP) is 2.34. The summed E-state index contributed by atoms with van der Waals surface area (Å²) in [6.45, 7) is 3.10. The Balaban J connectivity index is 2.11. The molecular formula is C18H28N4O. The largest absolute Gasteiger partial charge is 0.359 e. The van der Waals surface area contributed by atoms with Crippen molar-refractivity contribution in [1.82, 2.24) is 19.8 Å². The molecule has 1 aromatic heterocycles. The molecule has 0 aliphatic heterocycles. The van der Waals surface area contributed by atoms with E-state index in [-0.39, 0.29) is 5.91 Å². The van der Waals surface area contributed by atoms with Gasteiger partial charge in [0.15, 0.2) is 0 Å². The van der Waals surface area contributed by atoms with Gasteiger partial charge in [-0.05, 0) is 44.1 Å². The number of fused-ring (bicyclic) bond motifs is 1. The highest BCUT2D eigenvalue weighted by Crippen LogP contribution is 2.20. The average Bonchev–Trinajstić information content (AvgIpc) is 2.80. The SMILES string of the molecule is CNC(=O)CC[C@H](C)Cc1nc2cc(CN(C)C)ccc2n1C. The predicted molar refractivity (Wildman–Crippen MR) is 94.3 cm³/mol. The molecule has 0 saturated carbocycles. The number of nitrogens with zero attached hydrogens (tertiary/aromatic N) is 3. The van der Waals surface area contributed by atoms with Gasteiger partial charge in [-0.1, -0.05) is 13.0 Å². The first-order valence-corrected chi connectivity index (χ1v) is 8.20. The maximum Gasteiger partial charge on any atom is 0.219 e. The molecule has 1 atom stereocenters. The van der Waals surface area contributed by atoms with Gasteiger partial charge in [-0.3, -0.25) is 4.79 Å². The number of nitrogens with one attached hydrogen (secondary N) is 1. The zero-order valence-electron chi connectivity index (χ0n) is 14.9. The monoisotopic (exact) mass is 316 g/mol. The molecule has 1 heterocycles. The summed E-state index contributed by atoms with van der Waals surface area (Å²) in [5.74, 6) is 1.63. The maximum absolute atomic E-state index is 11.4. The van der Waals surface area contributed by atoms with E-state index in [0.29, 0.717) is 12.3 Å². The number of hydrogen-bond donors (Lipinski definition) is 1. The minimum absolute atomic E-state index is 0.107. The van der Waals surface area contributed by atoms with Crippen LogP contribution in [0.4, 0.5) is 0 Å². The average molecular weight is 316 g/mol. The maximum atomic E-state index is 11.4. The number of carbonyl (C=O) groups excluding carboxylic acids is 1. The van der Waals surface area contributed by atoms with E-state index in [2.05, 4.69) is 61.0 Å². The number of aromatic nitrogens is 2. The Kier molecular flexibility index (Phi) is 5.77. The van der Waals surface area contributed by atoms with E-state index in [0.717, 1.165) is 30.7 Å². The van der Waals surface area contributed by atoms with Crippen molar-refractivity contribution < 1.29 is 4.79 Å². The Labute approximate surface area is 138 Å². The van der Waals surface area contributed by atoms with Gasteiger partial charge in [-0.2, -0.15) is 0 Å². The smallest absolute Gasteiger partial charge is 0.219 e. The van der Waals surface area contributed by atoms with E-state index in [4.69, 9.17) is 4.98 Å². The molecule has 0 bridgehead atoms. The molecule has 0 unspecified atom stereocenters. The highest BCUT2D eigenvalue weighted by molar-refractivity contribution is 5.77. The molecule has 0 aliphatic rings. The molecule has 0 aliphatic carbocycles. The van der Waals surface area contributed by atoms with E-state index in [1.54, 1.807) is 7.05 Å². The van der Waals surface area contributed by atoms with Gasteiger partial charge in [0.05, 0.1) is 11.0 Å². The Bertz CT molecular complexity index is 675. The second-order valence-electron chi connectivity index (χ2n) is 6.67. The first-order valence-electron chi connectivity index (χ1n) is 8.20. The second kappa shape index (κ2) is 7.59. The van der Waals surface area contributed by atoms with Gasteiger partial charge >= 0.3 is 0 Å². The summed E-state index contributed by atoms with van der Waals surface area (Å²) in [6.07, 6.45) is 2.36. The van der Waals surface area contributed by atoms with Crippen LogP contribution in [0.3, 0.4) is 0 Å². The van der Waals surface area contributed by atoms with Crippen molar-refractivity contribution in [3.05, 3.63) is 29.6 Å². The summed E-state index contributed by atoms with van der Waals surface area (Å²) in [6, 6.07) is 6.50. The lowest BCUT2D eigenvalue weighted by Crippen LogP contribution is -2.18. The van der Waals surface area contributed by atoms with Gasteiger partial charge in [0.1, 0.15) is 5.82 Å². The number of rotatable bonds is 7. The molecule has 1 aromatic carbocycles. The van der Waals surface area contributed by atoms with E-state index in [9.17, 15) is 4.79 Å². The fourth-order valence-corrected chi connectivity index (χ4v) is 2.86. The molecule has 0 fully saturated rings. The molecule has 0 saturated heterocycles. The van der Waals surface area contributed by atoms with Crippen LogP contribution in [0.2, 0.25) is 0 Å². The molecular weight excluding hydrogens is 288 g/mol. The first-order chi connectivity index (χ1) is 10.9. The normalized spacial score (nSPS) is 12.8. The van der Waals surface area contributed by atoms with Gasteiger partial charge < -0.3 is 14.8 Å². The van der Waals surface area contributed by atoms with Gasteiger partial charge in [-0.25, -0.2) is 4.98 Å². The summed E-state index contributed by atoms with van der Waals surface area (Å²) in [7, 11) is 7.90.